The van der Waals surface area contributed by atoms with E-state index in [1.165, 1.54) is 0 Å². The summed E-state index contributed by atoms with van der Waals surface area (Å²) in [5, 5.41) is 6.10. The van der Waals surface area contributed by atoms with Gasteiger partial charge < -0.3 is 15.2 Å². The topological polar surface area (TPSA) is 76.0 Å². The number of aromatic nitrogens is 2. The number of aryl methyl sites for hydroxylation is 2. The second-order valence-electron chi connectivity index (χ2n) is 6.21. The molecule has 3 rings (SSSR count). The molecular weight excluding hydrogens is 304 g/mol. The van der Waals surface area contributed by atoms with E-state index in [2.05, 4.69) is 15.6 Å². The smallest absolute Gasteiger partial charge is 0.263 e. The lowest BCUT2D eigenvalue weighted by Crippen LogP contribution is -2.37. The van der Waals surface area contributed by atoms with Gasteiger partial charge >= 0.3 is 0 Å². The molecule has 1 aliphatic rings. The second kappa shape index (κ2) is 6.97. The highest BCUT2D eigenvalue weighted by Crippen LogP contribution is 2.18. The highest BCUT2D eigenvalue weighted by molar-refractivity contribution is 6.05. The molecule has 0 atom stereocenters. The number of carbonyl (C=O) groups excluding carboxylic acids is 1. The number of hydrogen-bond acceptors (Lipinski definition) is 4. The van der Waals surface area contributed by atoms with Crippen LogP contribution in [0.3, 0.4) is 0 Å². The lowest BCUT2D eigenvalue weighted by atomic mass is 10.0. The molecule has 0 unspecified atom stereocenters. The lowest BCUT2D eigenvalue weighted by molar-refractivity contribution is 0.102. The maximum atomic E-state index is 12.9. The van der Waals surface area contributed by atoms with Crippen molar-refractivity contribution in [2.45, 2.75) is 32.7 Å². The Balaban J connectivity index is 1.93. The first kappa shape index (κ1) is 16.4. The van der Waals surface area contributed by atoms with E-state index in [4.69, 9.17) is 0 Å². The fourth-order valence-corrected chi connectivity index (χ4v) is 3.07. The Bertz CT molecular complexity index is 807. The minimum Gasteiger partial charge on any atom is -0.320 e. The molecule has 1 amide bonds. The zero-order valence-electron chi connectivity index (χ0n) is 14.0. The quantitative estimate of drug-likeness (QED) is 0.905. The molecule has 0 aliphatic carbocycles. The van der Waals surface area contributed by atoms with Crippen LogP contribution in [-0.4, -0.2) is 28.5 Å². The van der Waals surface area contributed by atoms with E-state index < -0.39 is 0 Å². The van der Waals surface area contributed by atoms with Crippen molar-refractivity contribution in [3.05, 3.63) is 57.8 Å². The number of nitrogens with one attached hydrogen (secondary N) is 2. The summed E-state index contributed by atoms with van der Waals surface area (Å²) in [6.45, 7) is 5.46. The summed E-state index contributed by atoms with van der Waals surface area (Å²) in [6, 6.07) is 3.81. The van der Waals surface area contributed by atoms with Crippen molar-refractivity contribution in [3.8, 4) is 0 Å². The number of anilines is 1. The average Bonchev–Trinajstić information content (AvgIpc) is 2.58. The summed E-state index contributed by atoms with van der Waals surface area (Å²) in [6.07, 6.45) is 6.86. The van der Waals surface area contributed by atoms with Crippen molar-refractivity contribution in [1.29, 1.82) is 0 Å². The molecule has 24 heavy (non-hydrogen) atoms. The summed E-state index contributed by atoms with van der Waals surface area (Å²) in [5.41, 5.74) is 2.20. The maximum absolute atomic E-state index is 12.9. The van der Waals surface area contributed by atoms with E-state index in [1.54, 1.807) is 30.1 Å². The van der Waals surface area contributed by atoms with Gasteiger partial charge in [-0.25, -0.2) is 0 Å². The van der Waals surface area contributed by atoms with Crippen LogP contribution < -0.4 is 16.2 Å². The minimum atomic E-state index is -0.378. The fraction of sp³-hybridized carbons (Fsp3) is 0.389. The van der Waals surface area contributed by atoms with Crippen molar-refractivity contribution in [2.75, 3.05) is 18.4 Å². The molecule has 2 aromatic heterocycles. The molecule has 3 heterocycles. The van der Waals surface area contributed by atoms with Crippen LogP contribution in [0, 0.1) is 13.8 Å². The Kier molecular flexibility index (Phi) is 4.76. The van der Waals surface area contributed by atoms with Crippen molar-refractivity contribution >= 4 is 11.6 Å². The SMILES string of the molecule is Cc1ccncc1NC(=O)c1c(C)ccn(C2CCNCC2)c1=O. The molecule has 6 heteroatoms. The third-order valence-electron chi connectivity index (χ3n) is 4.54. The fourth-order valence-electron chi connectivity index (χ4n) is 3.07. The zero-order valence-corrected chi connectivity index (χ0v) is 14.0. The average molecular weight is 326 g/mol. The van der Waals surface area contributed by atoms with Gasteiger partial charge in [-0.1, -0.05) is 0 Å². The largest absolute Gasteiger partial charge is 0.320 e. The Hall–Kier alpha value is -2.47. The van der Waals surface area contributed by atoms with Crippen LogP contribution in [0.2, 0.25) is 0 Å². The van der Waals surface area contributed by atoms with Crippen molar-refractivity contribution in [3.63, 3.8) is 0 Å². The van der Waals surface area contributed by atoms with Crippen LogP contribution in [0.15, 0.2) is 35.5 Å². The number of pyridine rings is 2. The number of nitrogens with zero attached hydrogens (tertiary/aromatic N) is 2. The third-order valence-corrected chi connectivity index (χ3v) is 4.54. The van der Waals surface area contributed by atoms with E-state index in [9.17, 15) is 9.59 Å². The van der Waals surface area contributed by atoms with Gasteiger partial charge in [-0.3, -0.25) is 14.6 Å². The van der Waals surface area contributed by atoms with Crippen molar-refractivity contribution in [1.82, 2.24) is 14.9 Å². The van der Waals surface area contributed by atoms with Gasteiger partial charge in [0, 0.05) is 18.4 Å². The van der Waals surface area contributed by atoms with E-state index in [0.717, 1.165) is 31.5 Å². The summed E-state index contributed by atoms with van der Waals surface area (Å²) in [7, 11) is 0. The van der Waals surface area contributed by atoms with Gasteiger partial charge in [0.25, 0.3) is 11.5 Å². The molecule has 6 nitrogen and oxygen atoms in total. The van der Waals surface area contributed by atoms with Gasteiger partial charge in [0.05, 0.1) is 11.9 Å². The van der Waals surface area contributed by atoms with E-state index in [0.29, 0.717) is 11.3 Å². The Morgan fingerprint density at radius 2 is 2.00 bits per heavy atom. The van der Waals surface area contributed by atoms with Gasteiger partial charge in [-0.2, -0.15) is 0 Å². The molecular formula is C18H22N4O2. The summed E-state index contributed by atoms with van der Waals surface area (Å²) in [5.74, 6) is -0.378. The predicted octanol–water partition coefficient (Wildman–Crippen LogP) is 2.04. The molecule has 126 valence electrons. The molecule has 1 aliphatic heterocycles. The van der Waals surface area contributed by atoms with Crippen LogP contribution in [0.4, 0.5) is 5.69 Å². The molecule has 0 aromatic carbocycles. The van der Waals surface area contributed by atoms with Crippen LogP contribution in [-0.2, 0) is 0 Å². The Labute approximate surface area is 140 Å². The van der Waals surface area contributed by atoms with E-state index in [1.807, 2.05) is 19.1 Å². The normalized spacial score (nSPS) is 15.2. The second-order valence-corrected chi connectivity index (χ2v) is 6.21. The number of piperidine rings is 1. The van der Waals surface area contributed by atoms with Gasteiger partial charge in [0.1, 0.15) is 5.56 Å². The van der Waals surface area contributed by atoms with Gasteiger partial charge in [-0.15, -0.1) is 0 Å². The summed E-state index contributed by atoms with van der Waals surface area (Å²) >= 11 is 0. The Morgan fingerprint density at radius 1 is 1.25 bits per heavy atom. The predicted molar refractivity (Wildman–Crippen MR) is 93.5 cm³/mol. The van der Waals surface area contributed by atoms with Crippen LogP contribution in [0.25, 0.3) is 0 Å². The first-order valence-electron chi connectivity index (χ1n) is 8.22. The summed E-state index contributed by atoms with van der Waals surface area (Å²) in [4.78, 5) is 29.6. The maximum Gasteiger partial charge on any atom is 0.263 e. The molecule has 2 aromatic rings. The van der Waals surface area contributed by atoms with E-state index in [-0.39, 0.29) is 23.1 Å². The molecule has 0 spiro atoms. The first-order chi connectivity index (χ1) is 11.6. The molecule has 0 saturated carbocycles. The number of carbonyl (C=O) groups is 1. The summed E-state index contributed by atoms with van der Waals surface area (Å²) < 4.78 is 1.71. The van der Waals surface area contributed by atoms with Gasteiger partial charge in [0.15, 0.2) is 0 Å². The third kappa shape index (κ3) is 3.23. The standard InChI is InChI=1S/C18H22N4O2/c1-12-3-7-20-11-15(12)21-17(23)16-13(2)6-10-22(18(16)24)14-4-8-19-9-5-14/h3,6-7,10-11,14,19H,4-5,8-9H2,1-2H3,(H,21,23). The van der Waals surface area contributed by atoms with Crippen molar-refractivity contribution in [2.24, 2.45) is 0 Å². The zero-order chi connectivity index (χ0) is 17.1. The van der Waals surface area contributed by atoms with Crippen molar-refractivity contribution < 1.29 is 4.79 Å². The lowest BCUT2D eigenvalue weighted by Gasteiger charge is -2.25. The number of rotatable bonds is 3. The molecule has 2 N–H and O–H groups in total. The van der Waals surface area contributed by atoms with Gasteiger partial charge in [-0.05, 0) is 63.0 Å². The highest BCUT2D eigenvalue weighted by Gasteiger charge is 2.21. The molecule has 0 bridgehead atoms. The number of hydrogen-bond donors (Lipinski definition) is 2. The minimum absolute atomic E-state index is 0.144. The number of amides is 1. The van der Waals surface area contributed by atoms with Gasteiger partial charge in [0.2, 0.25) is 0 Å². The monoisotopic (exact) mass is 326 g/mol. The van der Waals surface area contributed by atoms with Crippen LogP contribution in [0.5, 0.6) is 0 Å². The van der Waals surface area contributed by atoms with E-state index >= 15 is 0 Å². The van der Waals surface area contributed by atoms with Crippen LogP contribution in [0.1, 0.15) is 40.4 Å². The van der Waals surface area contributed by atoms with Crippen LogP contribution >= 0.6 is 0 Å². The first-order valence-corrected chi connectivity index (χ1v) is 8.22. The Morgan fingerprint density at radius 3 is 2.71 bits per heavy atom. The molecule has 0 radical (unpaired) electrons. The highest BCUT2D eigenvalue weighted by atomic mass is 16.2. The molecule has 1 fully saturated rings. The molecule has 1 saturated heterocycles.